The highest BCUT2D eigenvalue weighted by atomic mass is 16.5. The third kappa shape index (κ3) is 3.74. The summed E-state index contributed by atoms with van der Waals surface area (Å²) < 4.78 is 5.23. The van der Waals surface area contributed by atoms with Crippen molar-refractivity contribution < 1.29 is 9.53 Å². The predicted octanol–water partition coefficient (Wildman–Crippen LogP) is 1.66. The Morgan fingerprint density at radius 3 is 2.89 bits per heavy atom. The van der Waals surface area contributed by atoms with E-state index in [9.17, 15) is 4.79 Å². The molecule has 1 fully saturated rings. The predicted molar refractivity (Wildman–Crippen MR) is 70.5 cm³/mol. The number of carbonyl (C=O) groups excluding carboxylic acids is 1. The second-order valence-corrected chi connectivity index (χ2v) is 4.67. The van der Waals surface area contributed by atoms with Crippen LogP contribution in [0.1, 0.15) is 12.0 Å². The van der Waals surface area contributed by atoms with E-state index in [0.29, 0.717) is 6.61 Å². The lowest BCUT2D eigenvalue weighted by Gasteiger charge is -2.20. The van der Waals surface area contributed by atoms with Crippen LogP contribution < -0.4 is 5.32 Å². The van der Waals surface area contributed by atoms with Crippen LogP contribution in [0.5, 0.6) is 0 Å². The van der Waals surface area contributed by atoms with Crippen LogP contribution in [0.25, 0.3) is 0 Å². The largest absolute Gasteiger partial charge is 0.379 e. The van der Waals surface area contributed by atoms with Crippen molar-refractivity contribution in [2.24, 2.45) is 0 Å². The maximum atomic E-state index is 11.9. The molecule has 0 bridgehead atoms. The van der Waals surface area contributed by atoms with Crippen LogP contribution in [0.2, 0.25) is 0 Å². The minimum Gasteiger partial charge on any atom is -0.379 e. The summed E-state index contributed by atoms with van der Waals surface area (Å²) >= 11 is 0. The van der Waals surface area contributed by atoms with Crippen molar-refractivity contribution in [3.63, 3.8) is 0 Å². The molecule has 0 radical (unpaired) electrons. The average molecular weight is 248 g/mol. The van der Waals surface area contributed by atoms with E-state index in [1.807, 2.05) is 25.2 Å². The summed E-state index contributed by atoms with van der Waals surface area (Å²) in [6.45, 7) is 2.11. The Hall–Kier alpha value is -1.55. The smallest absolute Gasteiger partial charge is 0.317 e. The molecule has 0 spiro atoms. The van der Waals surface area contributed by atoms with E-state index in [1.54, 1.807) is 4.90 Å². The van der Waals surface area contributed by atoms with Crippen molar-refractivity contribution in [2.45, 2.75) is 18.9 Å². The van der Waals surface area contributed by atoms with Crippen molar-refractivity contribution in [1.82, 2.24) is 10.2 Å². The van der Waals surface area contributed by atoms with Gasteiger partial charge in [-0.05, 0) is 18.4 Å². The summed E-state index contributed by atoms with van der Waals surface area (Å²) in [7, 11) is 1.83. The zero-order valence-corrected chi connectivity index (χ0v) is 10.8. The Morgan fingerprint density at radius 1 is 1.44 bits per heavy atom. The zero-order valence-electron chi connectivity index (χ0n) is 10.8. The third-order valence-electron chi connectivity index (χ3n) is 3.18. The summed E-state index contributed by atoms with van der Waals surface area (Å²) in [4.78, 5) is 13.6. The molecule has 4 heteroatoms. The first kappa shape index (κ1) is 12.9. The van der Waals surface area contributed by atoms with E-state index in [1.165, 1.54) is 5.56 Å². The molecule has 1 unspecified atom stereocenters. The summed E-state index contributed by atoms with van der Waals surface area (Å²) in [5.74, 6) is 0. The minimum absolute atomic E-state index is 0.0126. The molecule has 1 aromatic carbocycles. The fraction of sp³-hybridized carbons (Fsp3) is 0.500. The average Bonchev–Trinajstić information content (AvgIpc) is 2.90. The van der Waals surface area contributed by atoms with Crippen LogP contribution in [0.3, 0.4) is 0 Å². The maximum absolute atomic E-state index is 11.9. The van der Waals surface area contributed by atoms with Gasteiger partial charge in [0.25, 0.3) is 0 Å². The molecule has 0 saturated carbocycles. The number of nitrogens with zero attached hydrogens (tertiary/aromatic N) is 1. The topological polar surface area (TPSA) is 41.6 Å². The lowest BCUT2D eigenvalue weighted by molar-refractivity contribution is 0.182. The number of benzene rings is 1. The highest BCUT2D eigenvalue weighted by molar-refractivity contribution is 5.74. The van der Waals surface area contributed by atoms with Gasteiger partial charge in [0.05, 0.1) is 12.6 Å². The molecule has 1 aliphatic heterocycles. The maximum Gasteiger partial charge on any atom is 0.317 e. The summed E-state index contributed by atoms with van der Waals surface area (Å²) in [6, 6.07) is 10.4. The lowest BCUT2D eigenvalue weighted by Crippen LogP contribution is -2.44. The summed E-state index contributed by atoms with van der Waals surface area (Å²) in [5, 5.41) is 2.98. The number of hydrogen-bond acceptors (Lipinski definition) is 2. The Morgan fingerprint density at radius 2 is 2.22 bits per heavy atom. The molecule has 1 atom stereocenters. The first-order valence-corrected chi connectivity index (χ1v) is 6.39. The molecule has 1 aromatic rings. The molecule has 0 aliphatic carbocycles. The van der Waals surface area contributed by atoms with E-state index in [-0.39, 0.29) is 12.1 Å². The van der Waals surface area contributed by atoms with Crippen LogP contribution >= 0.6 is 0 Å². The number of amides is 2. The van der Waals surface area contributed by atoms with Gasteiger partial charge in [0.15, 0.2) is 0 Å². The van der Waals surface area contributed by atoms with Gasteiger partial charge in [0.2, 0.25) is 0 Å². The molecule has 98 valence electrons. The number of nitrogens with one attached hydrogen (secondary N) is 1. The van der Waals surface area contributed by atoms with Crippen molar-refractivity contribution in [2.75, 3.05) is 26.8 Å². The van der Waals surface area contributed by atoms with E-state index >= 15 is 0 Å². The Kier molecular flexibility index (Phi) is 4.59. The number of hydrogen-bond donors (Lipinski definition) is 1. The lowest BCUT2D eigenvalue weighted by atomic mass is 10.1. The SMILES string of the molecule is CN(CCc1ccccc1)C(=O)NC1CCOC1. The van der Waals surface area contributed by atoms with Gasteiger partial charge in [-0.3, -0.25) is 0 Å². The van der Waals surface area contributed by atoms with Gasteiger partial charge in [-0.1, -0.05) is 30.3 Å². The molecule has 1 heterocycles. The number of urea groups is 1. The van der Waals surface area contributed by atoms with Crippen LogP contribution in [0.4, 0.5) is 4.79 Å². The Bertz CT molecular complexity index is 375. The van der Waals surface area contributed by atoms with Crippen LogP contribution in [-0.2, 0) is 11.2 Å². The van der Waals surface area contributed by atoms with Crippen molar-refractivity contribution in [3.8, 4) is 0 Å². The quantitative estimate of drug-likeness (QED) is 0.880. The third-order valence-corrected chi connectivity index (χ3v) is 3.18. The van der Waals surface area contributed by atoms with Crippen molar-refractivity contribution in [3.05, 3.63) is 35.9 Å². The zero-order chi connectivity index (χ0) is 12.8. The monoisotopic (exact) mass is 248 g/mol. The molecular formula is C14H20N2O2. The number of rotatable bonds is 4. The van der Waals surface area contributed by atoms with Gasteiger partial charge in [0, 0.05) is 20.2 Å². The van der Waals surface area contributed by atoms with E-state index in [4.69, 9.17) is 4.74 Å². The standard InChI is InChI=1S/C14H20N2O2/c1-16(9-7-12-5-3-2-4-6-12)14(17)15-13-8-10-18-11-13/h2-6,13H,7-11H2,1H3,(H,15,17). The first-order valence-electron chi connectivity index (χ1n) is 6.39. The second-order valence-electron chi connectivity index (χ2n) is 4.67. The molecule has 2 rings (SSSR count). The molecule has 0 aromatic heterocycles. The van der Waals surface area contributed by atoms with Gasteiger partial charge in [-0.2, -0.15) is 0 Å². The number of ether oxygens (including phenoxy) is 1. The second kappa shape index (κ2) is 6.40. The normalized spacial score (nSPS) is 18.6. The van der Waals surface area contributed by atoms with E-state index < -0.39 is 0 Å². The van der Waals surface area contributed by atoms with Crippen LogP contribution in [-0.4, -0.2) is 43.8 Å². The van der Waals surface area contributed by atoms with Gasteiger partial charge in [-0.15, -0.1) is 0 Å². The first-order chi connectivity index (χ1) is 8.75. The van der Waals surface area contributed by atoms with Gasteiger partial charge < -0.3 is 15.0 Å². The highest BCUT2D eigenvalue weighted by Crippen LogP contribution is 2.05. The molecule has 18 heavy (non-hydrogen) atoms. The van der Waals surface area contributed by atoms with Gasteiger partial charge in [0.1, 0.15) is 0 Å². The van der Waals surface area contributed by atoms with Gasteiger partial charge in [-0.25, -0.2) is 4.79 Å². The molecule has 1 aliphatic rings. The number of carbonyl (C=O) groups is 1. The van der Waals surface area contributed by atoms with Crippen LogP contribution in [0, 0.1) is 0 Å². The summed E-state index contributed by atoms with van der Waals surface area (Å²) in [6.07, 6.45) is 1.80. The molecular weight excluding hydrogens is 228 g/mol. The Labute approximate surface area is 108 Å². The van der Waals surface area contributed by atoms with Gasteiger partial charge >= 0.3 is 6.03 Å². The fourth-order valence-electron chi connectivity index (χ4n) is 1.98. The van der Waals surface area contributed by atoms with Crippen molar-refractivity contribution >= 4 is 6.03 Å². The number of likely N-dealkylation sites (N-methyl/N-ethyl adjacent to an activating group) is 1. The summed E-state index contributed by atoms with van der Waals surface area (Å²) in [5.41, 5.74) is 1.25. The molecule has 1 N–H and O–H groups in total. The molecule has 4 nitrogen and oxygen atoms in total. The fourth-order valence-corrected chi connectivity index (χ4v) is 1.98. The van der Waals surface area contributed by atoms with Crippen LogP contribution in [0.15, 0.2) is 30.3 Å². The molecule has 2 amide bonds. The minimum atomic E-state index is -0.0126. The van der Waals surface area contributed by atoms with E-state index in [2.05, 4.69) is 17.4 Å². The van der Waals surface area contributed by atoms with Crippen molar-refractivity contribution in [1.29, 1.82) is 0 Å². The Balaban J connectivity index is 1.73. The molecule has 1 saturated heterocycles. The highest BCUT2D eigenvalue weighted by Gasteiger charge is 2.19. The van der Waals surface area contributed by atoms with E-state index in [0.717, 1.165) is 26.0 Å².